The van der Waals surface area contributed by atoms with Crippen molar-refractivity contribution < 1.29 is 23.4 Å². The Morgan fingerprint density at radius 2 is 2.20 bits per heavy atom. The van der Waals surface area contributed by atoms with Crippen LogP contribution in [-0.4, -0.2) is 42.7 Å². The minimum atomic E-state index is -1.24. The fraction of sp³-hybridized carbons (Fsp3) is 0.500. The van der Waals surface area contributed by atoms with E-state index in [0.717, 1.165) is 6.07 Å². The molecule has 1 amide bonds. The van der Waals surface area contributed by atoms with E-state index >= 15 is 0 Å². The first-order valence-corrected chi connectivity index (χ1v) is 6.45. The van der Waals surface area contributed by atoms with E-state index in [0.29, 0.717) is 38.1 Å². The van der Waals surface area contributed by atoms with Gasteiger partial charge in [0.15, 0.2) is 17.4 Å². The van der Waals surface area contributed by atoms with Crippen molar-refractivity contribution in [3.8, 4) is 5.75 Å². The number of nitrogens with zero attached hydrogens (tertiary/aromatic N) is 1. The van der Waals surface area contributed by atoms with E-state index < -0.39 is 17.4 Å². The van der Waals surface area contributed by atoms with Gasteiger partial charge in [0, 0.05) is 26.6 Å². The second-order valence-electron chi connectivity index (χ2n) is 5.02. The van der Waals surface area contributed by atoms with Gasteiger partial charge >= 0.3 is 0 Å². The summed E-state index contributed by atoms with van der Waals surface area (Å²) in [6.45, 7) is 1.58. The van der Waals surface area contributed by atoms with E-state index in [1.807, 2.05) is 0 Å². The van der Waals surface area contributed by atoms with Gasteiger partial charge in [0.25, 0.3) is 0 Å². The smallest absolute Gasteiger partial charge is 0.223 e. The quantitative estimate of drug-likeness (QED) is 0.896. The number of hydrogen-bond acceptors (Lipinski definition) is 3. The van der Waals surface area contributed by atoms with Crippen LogP contribution in [0, 0.1) is 17.6 Å². The topological polar surface area (TPSA) is 49.8 Å². The largest absolute Gasteiger partial charge is 0.505 e. The van der Waals surface area contributed by atoms with Gasteiger partial charge in [0.2, 0.25) is 5.91 Å². The van der Waals surface area contributed by atoms with Crippen LogP contribution in [0.1, 0.15) is 12.0 Å². The molecule has 1 saturated heterocycles. The van der Waals surface area contributed by atoms with E-state index in [1.165, 1.54) is 6.07 Å². The Bertz CT molecular complexity index is 484. The maximum absolute atomic E-state index is 13.2. The average molecular weight is 285 g/mol. The van der Waals surface area contributed by atoms with Crippen molar-refractivity contribution in [2.45, 2.75) is 12.8 Å². The Morgan fingerprint density at radius 3 is 2.85 bits per heavy atom. The molecule has 0 unspecified atom stereocenters. The van der Waals surface area contributed by atoms with Crippen LogP contribution < -0.4 is 0 Å². The summed E-state index contributed by atoms with van der Waals surface area (Å²) >= 11 is 0. The Morgan fingerprint density at radius 1 is 1.45 bits per heavy atom. The number of rotatable bonds is 5. The van der Waals surface area contributed by atoms with Gasteiger partial charge in [-0.3, -0.25) is 4.79 Å². The Labute approximate surface area is 116 Å². The average Bonchev–Trinajstić information content (AvgIpc) is 2.73. The normalized spacial score (nSPS) is 18.9. The molecule has 1 atom stereocenters. The molecule has 1 N–H and O–H groups in total. The number of carbonyl (C=O) groups is 1. The molecule has 1 heterocycles. The maximum Gasteiger partial charge on any atom is 0.223 e. The number of carbonyl (C=O) groups excluding carboxylic acids is 1. The molecule has 0 bridgehead atoms. The molecule has 0 radical (unpaired) electrons. The Hall–Kier alpha value is -1.69. The zero-order valence-corrected chi connectivity index (χ0v) is 11.2. The lowest BCUT2D eigenvalue weighted by atomic mass is 9.98. The van der Waals surface area contributed by atoms with E-state index in [9.17, 15) is 18.7 Å². The number of aromatic hydroxyl groups is 1. The van der Waals surface area contributed by atoms with Gasteiger partial charge in [-0.2, -0.15) is 4.39 Å². The van der Waals surface area contributed by atoms with Gasteiger partial charge in [-0.25, -0.2) is 4.39 Å². The van der Waals surface area contributed by atoms with Crippen molar-refractivity contribution in [3.63, 3.8) is 0 Å². The monoisotopic (exact) mass is 285 g/mol. The lowest BCUT2D eigenvalue weighted by Crippen LogP contribution is -2.28. The fourth-order valence-electron chi connectivity index (χ4n) is 2.49. The van der Waals surface area contributed by atoms with Gasteiger partial charge in [0.05, 0.1) is 6.61 Å². The van der Waals surface area contributed by atoms with Crippen LogP contribution in [-0.2, 0) is 16.0 Å². The third-order valence-corrected chi connectivity index (χ3v) is 3.45. The Kier molecular flexibility index (Phi) is 4.54. The summed E-state index contributed by atoms with van der Waals surface area (Å²) in [5.41, 5.74) is 0.493. The van der Waals surface area contributed by atoms with Gasteiger partial charge in [0.1, 0.15) is 0 Å². The molecule has 6 heteroatoms. The Balaban J connectivity index is 1.99. The van der Waals surface area contributed by atoms with Crippen molar-refractivity contribution in [2.24, 2.45) is 5.92 Å². The number of likely N-dealkylation sites (tertiary alicyclic amines) is 1. The van der Waals surface area contributed by atoms with Crippen molar-refractivity contribution in [3.05, 3.63) is 29.3 Å². The zero-order valence-electron chi connectivity index (χ0n) is 11.2. The van der Waals surface area contributed by atoms with E-state index in [-0.39, 0.29) is 11.8 Å². The first kappa shape index (κ1) is 14.7. The van der Waals surface area contributed by atoms with E-state index in [4.69, 9.17) is 4.74 Å². The molecule has 2 rings (SSSR count). The lowest BCUT2D eigenvalue weighted by molar-refractivity contribution is -0.128. The maximum atomic E-state index is 13.2. The highest BCUT2D eigenvalue weighted by atomic mass is 19.2. The molecular formula is C14H17F2NO3. The van der Waals surface area contributed by atoms with Crippen LogP contribution in [0.3, 0.4) is 0 Å². The summed E-state index contributed by atoms with van der Waals surface area (Å²) in [6, 6.07) is 2.28. The highest BCUT2D eigenvalue weighted by Gasteiger charge is 2.29. The molecular weight excluding hydrogens is 268 g/mol. The summed E-state index contributed by atoms with van der Waals surface area (Å²) in [7, 11) is 1.57. The standard InChI is InChI=1S/C14H17F2NO3/c1-20-3-2-17-8-10(7-13(17)19)4-9-5-11(15)14(16)12(18)6-9/h5-6,10,18H,2-4,7-8H2,1H3/t10-/m1/s1. The third kappa shape index (κ3) is 3.25. The molecule has 20 heavy (non-hydrogen) atoms. The van der Waals surface area contributed by atoms with Crippen LogP contribution in [0.2, 0.25) is 0 Å². The van der Waals surface area contributed by atoms with Crippen LogP contribution in [0.25, 0.3) is 0 Å². The van der Waals surface area contributed by atoms with E-state index in [2.05, 4.69) is 0 Å². The van der Waals surface area contributed by atoms with Crippen LogP contribution >= 0.6 is 0 Å². The van der Waals surface area contributed by atoms with Gasteiger partial charge in [-0.15, -0.1) is 0 Å². The minimum Gasteiger partial charge on any atom is -0.505 e. The molecule has 0 spiro atoms. The van der Waals surface area contributed by atoms with E-state index in [1.54, 1.807) is 12.0 Å². The number of amides is 1. The summed E-state index contributed by atoms with van der Waals surface area (Å²) in [5.74, 6) is -2.92. The van der Waals surface area contributed by atoms with Crippen LogP contribution in [0.4, 0.5) is 8.78 Å². The molecule has 110 valence electrons. The number of phenolic OH excluding ortho intramolecular Hbond substituents is 1. The molecule has 1 aliphatic rings. The predicted molar refractivity (Wildman–Crippen MR) is 68.3 cm³/mol. The molecule has 4 nitrogen and oxygen atoms in total. The fourth-order valence-corrected chi connectivity index (χ4v) is 2.49. The molecule has 1 aromatic rings. The number of phenols is 1. The lowest BCUT2D eigenvalue weighted by Gasteiger charge is -2.16. The molecule has 1 aromatic carbocycles. The second kappa shape index (κ2) is 6.17. The second-order valence-corrected chi connectivity index (χ2v) is 5.02. The predicted octanol–water partition coefficient (Wildman–Crippen LogP) is 1.71. The van der Waals surface area contributed by atoms with Crippen molar-refractivity contribution in [1.82, 2.24) is 4.90 Å². The summed E-state index contributed by atoms with van der Waals surface area (Å²) in [5, 5.41) is 9.27. The number of ether oxygens (including phenoxy) is 1. The molecule has 1 aliphatic heterocycles. The summed E-state index contributed by atoms with van der Waals surface area (Å²) in [4.78, 5) is 13.5. The summed E-state index contributed by atoms with van der Waals surface area (Å²) in [6.07, 6.45) is 0.809. The molecule has 1 fully saturated rings. The zero-order chi connectivity index (χ0) is 14.7. The highest BCUT2D eigenvalue weighted by Crippen LogP contribution is 2.26. The van der Waals surface area contributed by atoms with Crippen molar-refractivity contribution in [2.75, 3.05) is 26.8 Å². The van der Waals surface area contributed by atoms with Gasteiger partial charge < -0.3 is 14.7 Å². The number of hydrogen-bond donors (Lipinski definition) is 1. The summed E-state index contributed by atoms with van der Waals surface area (Å²) < 4.78 is 31.1. The number of methoxy groups -OCH3 is 1. The van der Waals surface area contributed by atoms with Crippen molar-refractivity contribution in [1.29, 1.82) is 0 Å². The number of benzene rings is 1. The number of halogens is 2. The first-order chi connectivity index (χ1) is 9.51. The highest BCUT2D eigenvalue weighted by molar-refractivity contribution is 5.78. The SMILES string of the molecule is COCCN1C[C@H](Cc2cc(O)c(F)c(F)c2)CC1=O. The third-order valence-electron chi connectivity index (χ3n) is 3.45. The van der Waals surface area contributed by atoms with Crippen LogP contribution in [0.15, 0.2) is 12.1 Å². The van der Waals surface area contributed by atoms with Crippen molar-refractivity contribution >= 4 is 5.91 Å². The minimum absolute atomic E-state index is 0.0406. The van der Waals surface area contributed by atoms with Gasteiger partial charge in [-0.1, -0.05) is 0 Å². The van der Waals surface area contributed by atoms with Crippen LogP contribution in [0.5, 0.6) is 5.75 Å². The first-order valence-electron chi connectivity index (χ1n) is 6.45. The molecule has 0 aromatic heterocycles. The molecule has 0 aliphatic carbocycles. The molecule has 0 saturated carbocycles. The van der Waals surface area contributed by atoms with Gasteiger partial charge in [-0.05, 0) is 30.0 Å².